The second-order valence-corrected chi connectivity index (χ2v) is 11.3. The van der Waals surface area contributed by atoms with Crippen LogP contribution >= 0.6 is 11.6 Å². The van der Waals surface area contributed by atoms with Crippen molar-refractivity contribution >= 4 is 34.1 Å². The van der Waals surface area contributed by atoms with Crippen LogP contribution in [0.4, 0.5) is 5.69 Å². The molecular weight excluding hydrogens is 506 g/mol. The average molecular weight is 545 g/mol. The molecule has 1 aliphatic rings. The Balaban J connectivity index is 1.24. The van der Waals surface area contributed by atoms with Crippen molar-refractivity contribution in [2.45, 2.75) is 45.4 Å². The molecule has 4 aromatic rings. The summed E-state index contributed by atoms with van der Waals surface area (Å²) in [5, 5.41) is 12.1. The first-order valence-electron chi connectivity index (χ1n) is 14.0. The minimum atomic E-state index is 0.0877. The summed E-state index contributed by atoms with van der Waals surface area (Å²) in [7, 11) is 1.72. The van der Waals surface area contributed by atoms with Gasteiger partial charge in [0.1, 0.15) is 5.75 Å². The number of rotatable bonds is 9. The van der Waals surface area contributed by atoms with Gasteiger partial charge in [0.15, 0.2) is 0 Å². The van der Waals surface area contributed by atoms with E-state index in [-0.39, 0.29) is 5.92 Å². The number of ether oxygens (including phenoxy) is 1. The van der Waals surface area contributed by atoms with Crippen LogP contribution in [0.3, 0.4) is 0 Å². The van der Waals surface area contributed by atoms with Gasteiger partial charge in [0.05, 0.1) is 13.0 Å². The van der Waals surface area contributed by atoms with Crippen molar-refractivity contribution < 1.29 is 14.8 Å². The van der Waals surface area contributed by atoms with E-state index < -0.39 is 0 Å². The molecule has 6 heteroatoms. The van der Waals surface area contributed by atoms with E-state index >= 15 is 0 Å². The summed E-state index contributed by atoms with van der Waals surface area (Å²) in [6.07, 6.45) is 4.38. The third-order valence-electron chi connectivity index (χ3n) is 7.89. The van der Waals surface area contributed by atoms with Gasteiger partial charge in [0, 0.05) is 33.8 Å². The number of fused-ring (bicyclic) bond motifs is 1. The molecule has 0 radical (unpaired) electrons. The van der Waals surface area contributed by atoms with Gasteiger partial charge in [0.2, 0.25) is 5.69 Å². The molecule has 1 saturated heterocycles. The standard InChI is InChI=1S/C33H38ClN3O2/c1-22(2)33(38)35-27-10-5-7-24(20-27)23-14-17-37(18-15-23)16-6-11-29-30-21-28(39-3)12-13-31(30)36-32(29)25-8-4-9-26(34)19-25/h4-5,7-10,12-13,19-23,36H,6,11,14-18H2,1-3H3,(H,35,38)/p+1. The number of methoxy groups -OCH3 is 1. The highest BCUT2D eigenvalue weighted by atomic mass is 35.5. The van der Waals surface area contributed by atoms with Crippen molar-refractivity contribution in [3.05, 3.63) is 82.9 Å². The van der Waals surface area contributed by atoms with Crippen LogP contribution in [0.2, 0.25) is 5.02 Å². The molecule has 5 nitrogen and oxygen atoms in total. The molecule has 2 heterocycles. The van der Waals surface area contributed by atoms with E-state index in [0.29, 0.717) is 11.8 Å². The molecule has 0 aliphatic carbocycles. The number of H-pyrrole nitrogens is 1. The zero-order valence-corrected chi connectivity index (χ0v) is 23.9. The van der Waals surface area contributed by atoms with Crippen molar-refractivity contribution in [3.63, 3.8) is 0 Å². The molecule has 3 N–H and O–H groups in total. The Labute approximate surface area is 236 Å². The van der Waals surface area contributed by atoms with E-state index in [1.165, 1.54) is 16.5 Å². The number of hydrogen-bond donors (Lipinski definition) is 3. The van der Waals surface area contributed by atoms with Crippen molar-refractivity contribution in [1.82, 2.24) is 9.88 Å². The molecule has 0 unspecified atom stereocenters. The van der Waals surface area contributed by atoms with Crippen molar-refractivity contribution in [3.8, 4) is 17.0 Å². The first-order chi connectivity index (χ1) is 18.9. The summed E-state index contributed by atoms with van der Waals surface area (Å²) >= 11 is 6.34. The SMILES string of the molecule is COc1ccc2[nH]c(-c3cccc(Cl)c3)c(CCCN3CCC(c4cccc([NH+]=C(O)C(C)C)c4)CC3)c2c1. The summed E-state index contributed by atoms with van der Waals surface area (Å²) in [4.78, 5) is 9.40. The normalized spacial score (nSPS) is 15.4. The summed E-state index contributed by atoms with van der Waals surface area (Å²) in [6.45, 7) is 7.25. The smallest absolute Gasteiger partial charge is 0.340 e. The second-order valence-electron chi connectivity index (χ2n) is 10.9. The van der Waals surface area contributed by atoms with E-state index in [9.17, 15) is 5.11 Å². The summed E-state index contributed by atoms with van der Waals surface area (Å²) in [5.41, 5.74) is 7.03. The van der Waals surface area contributed by atoms with Gasteiger partial charge in [-0.2, -0.15) is 4.99 Å². The Morgan fingerprint density at radius 2 is 1.87 bits per heavy atom. The molecule has 0 saturated carbocycles. The van der Waals surface area contributed by atoms with Crippen molar-refractivity contribution in [2.75, 3.05) is 26.7 Å². The lowest BCUT2D eigenvalue weighted by atomic mass is 9.89. The average Bonchev–Trinajstić information content (AvgIpc) is 3.31. The lowest BCUT2D eigenvalue weighted by Gasteiger charge is -2.32. The third kappa shape index (κ3) is 6.48. The summed E-state index contributed by atoms with van der Waals surface area (Å²) in [6, 6.07) is 22.9. The number of aromatic amines is 1. The molecule has 0 atom stereocenters. The van der Waals surface area contributed by atoms with Crippen LogP contribution in [-0.2, 0) is 6.42 Å². The first kappa shape index (κ1) is 27.3. The Hall–Kier alpha value is -3.28. The van der Waals surface area contributed by atoms with E-state index in [2.05, 4.69) is 51.3 Å². The molecule has 39 heavy (non-hydrogen) atoms. The lowest BCUT2D eigenvalue weighted by Crippen LogP contribution is -2.67. The van der Waals surface area contributed by atoms with Gasteiger partial charge < -0.3 is 19.7 Å². The number of halogens is 1. The quantitative estimate of drug-likeness (QED) is 0.164. The van der Waals surface area contributed by atoms with Gasteiger partial charge in [0.25, 0.3) is 0 Å². The minimum absolute atomic E-state index is 0.0877. The van der Waals surface area contributed by atoms with Crippen LogP contribution < -0.4 is 9.73 Å². The molecule has 1 aromatic heterocycles. The van der Waals surface area contributed by atoms with Crippen molar-refractivity contribution in [1.29, 1.82) is 0 Å². The first-order valence-corrected chi connectivity index (χ1v) is 14.4. The fourth-order valence-electron chi connectivity index (χ4n) is 5.64. The van der Waals surface area contributed by atoms with Crippen LogP contribution in [-0.4, -0.2) is 47.6 Å². The molecule has 1 aliphatic heterocycles. The third-order valence-corrected chi connectivity index (χ3v) is 8.13. The highest BCUT2D eigenvalue weighted by molar-refractivity contribution is 6.30. The Kier molecular flexibility index (Phi) is 8.59. The maximum absolute atomic E-state index is 10.1. The number of piperidine rings is 1. The monoisotopic (exact) mass is 544 g/mol. The largest absolute Gasteiger partial charge is 0.497 e. The second kappa shape index (κ2) is 12.3. The number of nitrogens with zero attached hydrogens (tertiary/aromatic N) is 1. The van der Waals surface area contributed by atoms with Gasteiger partial charge in [-0.15, -0.1) is 0 Å². The number of hydrogen-bond acceptors (Lipinski definition) is 2. The highest BCUT2D eigenvalue weighted by Gasteiger charge is 2.22. The molecule has 5 rings (SSSR count). The van der Waals surface area contributed by atoms with Gasteiger partial charge in [-0.25, -0.2) is 0 Å². The molecular formula is C33H39ClN3O2+. The Bertz CT molecular complexity index is 1450. The Morgan fingerprint density at radius 1 is 1.08 bits per heavy atom. The summed E-state index contributed by atoms with van der Waals surface area (Å²) < 4.78 is 5.53. The summed E-state index contributed by atoms with van der Waals surface area (Å²) in [5.74, 6) is 1.83. The molecule has 0 amide bonds. The number of nitrogens with one attached hydrogen (secondary N) is 2. The number of aliphatic hydroxyl groups is 1. The molecule has 1 fully saturated rings. The molecule has 204 valence electrons. The Morgan fingerprint density at radius 3 is 2.62 bits per heavy atom. The maximum Gasteiger partial charge on any atom is 0.340 e. The van der Waals surface area contributed by atoms with E-state index in [0.717, 1.165) is 78.6 Å². The number of aromatic nitrogens is 1. The van der Waals surface area contributed by atoms with Crippen LogP contribution in [0.1, 0.15) is 50.2 Å². The maximum atomic E-state index is 10.1. The zero-order chi connectivity index (χ0) is 27.4. The van der Waals surface area contributed by atoms with Crippen LogP contribution in [0.25, 0.3) is 22.2 Å². The van der Waals surface area contributed by atoms with Gasteiger partial charge in [-0.3, -0.25) is 0 Å². The topological polar surface area (TPSA) is 62.5 Å². The molecule has 0 spiro atoms. The lowest BCUT2D eigenvalue weighted by molar-refractivity contribution is -0.369. The predicted molar refractivity (Wildman–Crippen MR) is 162 cm³/mol. The van der Waals surface area contributed by atoms with Crippen LogP contribution in [0, 0.1) is 5.92 Å². The van der Waals surface area contributed by atoms with E-state index in [1.807, 2.05) is 44.2 Å². The molecule has 3 aromatic carbocycles. The van der Waals surface area contributed by atoms with Crippen molar-refractivity contribution in [2.24, 2.45) is 5.92 Å². The number of aryl methyl sites for hydroxylation is 1. The highest BCUT2D eigenvalue weighted by Crippen LogP contribution is 2.35. The van der Waals surface area contributed by atoms with E-state index in [1.54, 1.807) is 7.11 Å². The predicted octanol–water partition coefficient (Wildman–Crippen LogP) is 6.63. The number of benzene rings is 3. The van der Waals surface area contributed by atoms with Crippen LogP contribution in [0.5, 0.6) is 5.75 Å². The fraction of sp³-hybridized carbons (Fsp3) is 0.364. The van der Waals surface area contributed by atoms with Gasteiger partial charge in [-0.1, -0.05) is 35.9 Å². The van der Waals surface area contributed by atoms with Gasteiger partial charge >= 0.3 is 5.90 Å². The number of likely N-dealkylation sites (tertiary alicyclic amines) is 1. The van der Waals surface area contributed by atoms with E-state index in [4.69, 9.17) is 16.3 Å². The molecule has 0 bridgehead atoms. The van der Waals surface area contributed by atoms with Gasteiger partial charge in [-0.05, 0) is 112 Å². The minimum Gasteiger partial charge on any atom is -0.497 e. The van der Waals surface area contributed by atoms with Crippen LogP contribution in [0.15, 0.2) is 66.7 Å². The number of aliphatic hydroxyl groups excluding tert-OH is 1. The zero-order valence-electron chi connectivity index (χ0n) is 23.1. The fourth-order valence-corrected chi connectivity index (χ4v) is 5.83.